The molecule has 13 heteroatoms. The summed E-state index contributed by atoms with van der Waals surface area (Å²) in [5, 5.41) is 44.8. The molecule has 12 nitrogen and oxygen atoms in total. The van der Waals surface area contributed by atoms with Gasteiger partial charge in [-0.3, -0.25) is 9.35 Å². The Bertz CT molecular complexity index is 1250. The Kier molecular flexibility index (Phi) is 37.3. The maximum atomic E-state index is 13.0. The van der Waals surface area contributed by atoms with Crippen LogP contribution in [0, 0.1) is 0 Å². The lowest BCUT2D eigenvalue weighted by atomic mass is 9.99. The summed E-state index contributed by atoms with van der Waals surface area (Å²) in [4.78, 5) is 13.0. The highest BCUT2D eigenvalue weighted by Crippen LogP contribution is 2.26. The summed E-state index contributed by atoms with van der Waals surface area (Å²) in [6, 6.07) is -0.950. The van der Waals surface area contributed by atoms with E-state index in [0.29, 0.717) is 6.42 Å². The van der Waals surface area contributed by atoms with Crippen molar-refractivity contribution in [2.24, 2.45) is 0 Å². The molecule has 0 radical (unpaired) electrons. The number of rotatable bonds is 42. The summed E-state index contributed by atoms with van der Waals surface area (Å²) in [5.41, 5.74) is 0. The molecule has 0 spiro atoms. The molecule has 364 valence electrons. The third-order valence-electron chi connectivity index (χ3n) is 11.7. The van der Waals surface area contributed by atoms with E-state index in [1.165, 1.54) is 122 Å². The molecular weight excluding hydrogens is 811 g/mol. The van der Waals surface area contributed by atoms with E-state index in [2.05, 4.69) is 47.7 Å². The van der Waals surface area contributed by atoms with E-state index in [-0.39, 0.29) is 18.9 Å². The predicted molar refractivity (Wildman–Crippen MR) is 250 cm³/mol. The number of hydrogen-bond acceptors (Lipinski definition) is 10. The Morgan fingerprint density at radius 2 is 1.06 bits per heavy atom. The lowest BCUT2D eigenvalue weighted by Crippen LogP contribution is -2.61. The van der Waals surface area contributed by atoms with Gasteiger partial charge in [0.2, 0.25) is 5.91 Å². The van der Waals surface area contributed by atoms with Gasteiger partial charge in [0.15, 0.2) is 6.29 Å². The summed E-state index contributed by atoms with van der Waals surface area (Å²) in [6.45, 7) is 3.36. The van der Waals surface area contributed by atoms with Crippen molar-refractivity contribution in [2.75, 3.05) is 13.2 Å². The quantitative estimate of drug-likeness (QED) is 0.0148. The second-order valence-corrected chi connectivity index (χ2v) is 18.5. The highest BCUT2D eigenvalue weighted by atomic mass is 32.3. The monoisotopic (exact) mass is 902 g/mol. The molecule has 0 saturated carbocycles. The molecule has 1 saturated heterocycles. The van der Waals surface area contributed by atoms with Crippen molar-refractivity contribution in [3.05, 3.63) is 36.5 Å². The van der Waals surface area contributed by atoms with Crippen LogP contribution in [0.1, 0.15) is 213 Å². The number of ether oxygens (including phenoxy) is 2. The summed E-state index contributed by atoms with van der Waals surface area (Å²) >= 11 is 0. The van der Waals surface area contributed by atoms with E-state index in [1.807, 2.05) is 6.08 Å². The Morgan fingerprint density at radius 1 is 0.645 bits per heavy atom. The van der Waals surface area contributed by atoms with E-state index >= 15 is 0 Å². The molecule has 7 atom stereocenters. The zero-order chi connectivity index (χ0) is 45.5. The van der Waals surface area contributed by atoms with Gasteiger partial charge in [-0.25, -0.2) is 4.18 Å². The molecule has 1 aliphatic rings. The summed E-state index contributed by atoms with van der Waals surface area (Å²) in [6.07, 6.45) is 38.9. The molecular formula is C49H91NO11S. The fourth-order valence-corrected chi connectivity index (χ4v) is 8.31. The lowest BCUT2D eigenvalue weighted by molar-refractivity contribution is -0.298. The van der Waals surface area contributed by atoms with Crippen molar-refractivity contribution >= 4 is 16.3 Å². The topological polar surface area (TPSA) is 192 Å². The first-order valence-corrected chi connectivity index (χ1v) is 26.3. The molecule has 0 aromatic heterocycles. The first-order chi connectivity index (χ1) is 30.0. The van der Waals surface area contributed by atoms with Crippen LogP contribution < -0.4 is 5.32 Å². The van der Waals surface area contributed by atoms with Gasteiger partial charge >= 0.3 is 10.4 Å². The number of hydrogen-bond donors (Lipinski definition) is 6. The molecule has 1 rings (SSSR count). The maximum Gasteiger partial charge on any atom is 0.397 e. The van der Waals surface area contributed by atoms with Crippen LogP contribution >= 0.6 is 0 Å². The molecule has 1 heterocycles. The molecule has 1 aliphatic heterocycles. The average Bonchev–Trinajstić information content (AvgIpc) is 3.24. The molecule has 1 fully saturated rings. The van der Waals surface area contributed by atoms with Gasteiger partial charge in [-0.2, -0.15) is 8.42 Å². The van der Waals surface area contributed by atoms with Crippen LogP contribution in [0.3, 0.4) is 0 Å². The van der Waals surface area contributed by atoms with Crippen molar-refractivity contribution < 1.29 is 51.8 Å². The number of allylic oxidation sites excluding steroid dienone is 5. The van der Waals surface area contributed by atoms with Crippen LogP contribution in [0.25, 0.3) is 0 Å². The Morgan fingerprint density at radius 3 is 1.53 bits per heavy atom. The van der Waals surface area contributed by atoms with Crippen molar-refractivity contribution in [1.29, 1.82) is 0 Å². The Balaban J connectivity index is 2.49. The molecule has 1 amide bonds. The lowest BCUT2D eigenvalue weighted by Gasteiger charge is -2.41. The third-order valence-corrected chi connectivity index (χ3v) is 12.2. The minimum absolute atomic E-state index is 0.255. The molecule has 6 N–H and O–H groups in total. The van der Waals surface area contributed by atoms with Gasteiger partial charge < -0.3 is 35.2 Å². The highest BCUT2D eigenvalue weighted by Gasteiger charge is 2.48. The van der Waals surface area contributed by atoms with Crippen LogP contribution in [0.5, 0.6) is 0 Å². The van der Waals surface area contributed by atoms with Crippen LogP contribution in [-0.4, -0.2) is 95.4 Å². The van der Waals surface area contributed by atoms with Crippen molar-refractivity contribution in [1.82, 2.24) is 5.32 Å². The Hall–Kier alpha value is -1.68. The fraction of sp³-hybridized carbons (Fsp3) is 0.857. The molecule has 0 aliphatic carbocycles. The second kappa shape index (κ2) is 39.7. The first-order valence-electron chi connectivity index (χ1n) is 24.9. The smallest absolute Gasteiger partial charge is 0.394 e. The van der Waals surface area contributed by atoms with Crippen LogP contribution in [-0.2, 0) is 28.9 Å². The van der Waals surface area contributed by atoms with Gasteiger partial charge in [0, 0.05) is 6.42 Å². The Labute approximate surface area is 377 Å². The number of nitrogens with one attached hydrogen (secondary N) is 1. The molecule has 62 heavy (non-hydrogen) atoms. The van der Waals surface area contributed by atoms with Crippen molar-refractivity contribution in [2.45, 2.75) is 256 Å². The van der Waals surface area contributed by atoms with E-state index < -0.39 is 59.9 Å². The molecule has 7 unspecified atom stereocenters. The first kappa shape index (κ1) is 58.3. The van der Waals surface area contributed by atoms with Crippen LogP contribution in [0.15, 0.2) is 36.5 Å². The minimum atomic E-state index is -5.09. The second-order valence-electron chi connectivity index (χ2n) is 17.4. The number of carbonyl (C=O) groups is 1. The van der Waals surface area contributed by atoms with Gasteiger partial charge in [-0.1, -0.05) is 198 Å². The molecule has 0 aromatic rings. The van der Waals surface area contributed by atoms with Crippen molar-refractivity contribution in [3.63, 3.8) is 0 Å². The predicted octanol–water partition coefficient (Wildman–Crippen LogP) is 10.3. The number of unbranched alkanes of at least 4 members (excludes halogenated alkanes) is 27. The van der Waals surface area contributed by atoms with E-state index in [0.717, 1.165) is 64.2 Å². The number of amides is 1. The highest BCUT2D eigenvalue weighted by molar-refractivity contribution is 7.80. The number of aliphatic hydroxyl groups is 4. The fourth-order valence-electron chi connectivity index (χ4n) is 7.80. The van der Waals surface area contributed by atoms with Crippen LogP contribution in [0.2, 0.25) is 0 Å². The van der Waals surface area contributed by atoms with Crippen molar-refractivity contribution in [3.8, 4) is 0 Å². The normalized spacial score (nSPS) is 20.8. The van der Waals surface area contributed by atoms with Gasteiger partial charge in [0.05, 0.1) is 25.4 Å². The largest absolute Gasteiger partial charge is 0.397 e. The van der Waals surface area contributed by atoms with Crippen LogP contribution in [0.4, 0.5) is 0 Å². The average molecular weight is 902 g/mol. The molecule has 0 bridgehead atoms. The zero-order valence-corrected chi connectivity index (χ0v) is 39.8. The van der Waals surface area contributed by atoms with E-state index in [1.54, 1.807) is 6.08 Å². The van der Waals surface area contributed by atoms with E-state index in [4.69, 9.17) is 9.47 Å². The summed E-state index contributed by atoms with van der Waals surface area (Å²) in [7, 11) is -5.09. The third kappa shape index (κ3) is 32.1. The molecule has 0 aromatic carbocycles. The standard InChI is InChI=1S/C49H91NO11S/c1-3-5-7-9-11-13-15-17-19-20-21-22-23-25-26-28-30-32-34-36-38-43(52)42(41-59-49-47(55)48(61-62(56,57)58)46(54)44(40-51)60-49)50-45(53)39-37-35-33-31-29-27-24-18-16-14-12-10-8-6-4-2/h12,14,16,18,36,38,42-44,46-49,51-52,54-55H,3-11,13,15,17,19-35,37,39-41H2,1-2H3,(H,50,53)(H,56,57,58)/b14-12-,18-16-,38-36+. The summed E-state index contributed by atoms with van der Waals surface area (Å²) in [5.74, 6) is -0.274. The minimum Gasteiger partial charge on any atom is -0.394 e. The summed E-state index contributed by atoms with van der Waals surface area (Å²) < 4.78 is 47.7. The number of aliphatic hydroxyl groups excluding tert-OH is 4. The van der Waals surface area contributed by atoms with E-state index in [9.17, 15) is 38.2 Å². The maximum absolute atomic E-state index is 13.0. The van der Waals surface area contributed by atoms with Gasteiger partial charge in [-0.15, -0.1) is 0 Å². The SMILES string of the molecule is CCCCC/C=C\C=C/CCCCCCCCC(=O)NC(COC1OC(CO)C(O)C(OS(=O)(=O)O)C1O)C(O)/C=C/CCCCCCCCCCCCCCCCCCCC. The van der Waals surface area contributed by atoms with Gasteiger partial charge in [-0.05, 0) is 44.9 Å². The number of carbonyl (C=O) groups excluding carboxylic acids is 1. The zero-order valence-electron chi connectivity index (χ0n) is 38.9. The van der Waals surface area contributed by atoms with Gasteiger partial charge in [0.25, 0.3) is 0 Å². The van der Waals surface area contributed by atoms with Gasteiger partial charge in [0.1, 0.15) is 24.4 Å².